The van der Waals surface area contributed by atoms with Gasteiger partial charge < -0.3 is 9.47 Å². The van der Waals surface area contributed by atoms with Crippen molar-refractivity contribution in [3.8, 4) is 11.8 Å². The molecule has 1 aliphatic heterocycles. The molecule has 0 amide bonds. The molecule has 0 aliphatic carbocycles. The first-order valence-electron chi connectivity index (χ1n) is 6.95. The number of hydrogen-bond donors (Lipinski definition) is 0. The predicted octanol–water partition coefficient (Wildman–Crippen LogP) is 2.52. The van der Waals surface area contributed by atoms with Gasteiger partial charge in [0.05, 0.1) is 0 Å². The molecule has 2 rings (SSSR count). The van der Waals surface area contributed by atoms with E-state index < -0.39 is 29.6 Å². The summed E-state index contributed by atoms with van der Waals surface area (Å²) >= 11 is 0. The Morgan fingerprint density at radius 2 is 1.71 bits per heavy atom. The molecule has 1 saturated heterocycles. The molecule has 1 aromatic rings. The van der Waals surface area contributed by atoms with Crippen LogP contribution in [0.1, 0.15) is 32.8 Å². The second-order valence-electron chi connectivity index (χ2n) is 5.37. The highest BCUT2D eigenvalue weighted by Crippen LogP contribution is 2.29. The van der Waals surface area contributed by atoms with E-state index in [2.05, 4.69) is 11.8 Å². The molecular formula is C17H18O4. The van der Waals surface area contributed by atoms with E-state index in [0.717, 1.165) is 5.56 Å². The monoisotopic (exact) mass is 286 g/mol. The number of hydrogen-bond acceptors (Lipinski definition) is 4. The predicted molar refractivity (Wildman–Crippen MR) is 76.9 cm³/mol. The molecule has 1 aliphatic rings. The van der Waals surface area contributed by atoms with Crippen LogP contribution in [0.15, 0.2) is 30.3 Å². The molecule has 1 fully saturated rings. The Kier molecular flexibility index (Phi) is 4.32. The highest BCUT2D eigenvalue weighted by molar-refractivity contribution is 5.97. The summed E-state index contributed by atoms with van der Waals surface area (Å²) in [5, 5.41) is 0. The van der Waals surface area contributed by atoms with Gasteiger partial charge in [-0.05, 0) is 18.6 Å². The molecule has 1 unspecified atom stereocenters. The minimum atomic E-state index is -1.20. The zero-order chi connectivity index (χ0) is 15.5. The average Bonchev–Trinajstić information content (AvgIpc) is 2.41. The van der Waals surface area contributed by atoms with Crippen LogP contribution < -0.4 is 0 Å². The number of esters is 2. The number of benzene rings is 1. The summed E-state index contributed by atoms with van der Waals surface area (Å²) in [5.41, 5.74) is 0.842. The summed E-state index contributed by atoms with van der Waals surface area (Å²) in [4.78, 5) is 24.1. The Labute approximate surface area is 124 Å². The van der Waals surface area contributed by atoms with E-state index in [1.165, 1.54) is 13.8 Å². The van der Waals surface area contributed by atoms with E-state index in [9.17, 15) is 9.59 Å². The van der Waals surface area contributed by atoms with Crippen molar-refractivity contribution in [1.82, 2.24) is 0 Å². The summed E-state index contributed by atoms with van der Waals surface area (Å²) in [5.74, 6) is 2.27. The fourth-order valence-electron chi connectivity index (χ4n) is 2.18. The number of cyclic esters (lactones) is 2. The standard InChI is InChI=1S/C17H18O4/c1-4-13(11-10-12-8-6-5-7-9-12)14-15(18)20-17(2,3)21-16(14)19/h5-9,13-14H,4H2,1-3H3. The molecule has 21 heavy (non-hydrogen) atoms. The van der Waals surface area contributed by atoms with E-state index in [0.29, 0.717) is 6.42 Å². The Bertz CT molecular complexity index is 572. The van der Waals surface area contributed by atoms with Crippen molar-refractivity contribution in [2.45, 2.75) is 33.0 Å². The van der Waals surface area contributed by atoms with Crippen LogP contribution in [0.2, 0.25) is 0 Å². The van der Waals surface area contributed by atoms with E-state index in [1.54, 1.807) is 0 Å². The van der Waals surface area contributed by atoms with Crippen molar-refractivity contribution in [1.29, 1.82) is 0 Å². The largest absolute Gasteiger partial charge is 0.422 e. The molecule has 1 atom stereocenters. The van der Waals surface area contributed by atoms with Gasteiger partial charge in [-0.3, -0.25) is 9.59 Å². The second-order valence-corrected chi connectivity index (χ2v) is 5.37. The summed E-state index contributed by atoms with van der Waals surface area (Å²) in [6, 6.07) is 9.42. The third kappa shape index (κ3) is 3.63. The van der Waals surface area contributed by atoms with Crippen LogP contribution in [0.5, 0.6) is 0 Å². The lowest BCUT2D eigenvalue weighted by Crippen LogP contribution is -2.48. The molecule has 0 spiro atoms. The maximum atomic E-state index is 12.0. The zero-order valence-corrected chi connectivity index (χ0v) is 12.4. The molecule has 4 heteroatoms. The van der Waals surface area contributed by atoms with Crippen LogP contribution in [0.3, 0.4) is 0 Å². The zero-order valence-electron chi connectivity index (χ0n) is 12.4. The number of carbonyl (C=O) groups excluding carboxylic acids is 2. The van der Waals surface area contributed by atoms with Crippen molar-refractivity contribution in [2.75, 3.05) is 0 Å². The van der Waals surface area contributed by atoms with Gasteiger partial charge in [-0.15, -0.1) is 0 Å². The number of rotatable bonds is 2. The minimum absolute atomic E-state index is 0.415. The maximum Gasteiger partial charge on any atom is 0.324 e. The summed E-state index contributed by atoms with van der Waals surface area (Å²) < 4.78 is 10.3. The fraction of sp³-hybridized carbons (Fsp3) is 0.412. The van der Waals surface area contributed by atoms with E-state index in [4.69, 9.17) is 9.47 Å². The lowest BCUT2D eigenvalue weighted by Gasteiger charge is -2.34. The van der Waals surface area contributed by atoms with Gasteiger partial charge in [0.25, 0.3) is 5.79 Å². The van der Waals surface area contributed by atoms with Gasteiger partial charge in [0.1, 0.15) is 0 Å². The van der Waals surface area contributed by atoms with Crippen molar-refractivity contribution >= 4 is 11.9 Å². The second kappa shape index (κ2) is 6.01. The van der Waals surface area contributed by atoms with Crippen LogP contribution in [0.4, 0.5) is 0 Å². The summed E-state index contributed by atoms with van der Waals surface area (Å²) in [6.07, 6.45) is 0.565. The van der Waals surface area contributed by atoms with Gasteiger partial charge >= 0.3 is 11.9 Å². The fourth-order valence-corrected chi connectivity index (χ4v) is 2.18. The molecule has 0 saturated carbocycles. The Balaban J connectivity index is 2.20. The molecule has 0 bridgehead atoms. The van der Waals surface area contributed by atoms with E-state index >= 15 is 0 Å². The normalized spacial score (nSPS) is 19.0. The first-order chi connectivity index (χ1) is 9.93. The van der Waals surface area contributed by atoms with Crippen molar-refractivity contribution in [2.24, 2.45) is 11.8 Å². The van der Waals surface area contributed by atoms with Crippen LogP contribution in [0.25, 0.3) is 0 Å². The number of ether oxygens (including phenoxy) is 2. The topological polar surface area (TPSA) is 52.6 Å². The molecule has 1 aromatic carbocycles. The van der Waals surface area contributed by atoms with Crippen LogP contribution in [-0.2, 0) is 19.1 Å². The van der Waals surface area contributed by atoms with E-state index in [-0.39, 0.29) is 0 Å². The lowest BCUT2D eigenvalue weighted by atomic mass is 9.89. The van der Waals surface area contributed by atoms with Crippen molar-refractivity contribution in [3.05, 3.63) is 35.9 Å². The van der Waals surface area contributed by atoms with Gasteiger partial charge in [0, 0.05) is 25.3 Å². The van der Waals surface area contributed by atoms with Crippen molar-refractivity contribution < 1.29 is 19.1 Å². The Morgan fingerprint density at radius 3 is 2.24 bits per heavy atom. The molecule has 1 heterocycles. The van der Waals surface area contributed by atoms with Gasteiger partial charge in [-0.1, -0.05) is 37.0 Å². The third-order valence-corrected chi connectivity index (χ3v) is 3.22. The minimum Gasteiger partial charge on any atom is -0.422 e. The Morgan fingerprint density at radius 1 is 1.14 bits per heavy atom. The highest BCUT2D eigenvalue weighted by atomic mass is 16.7. The summed E-state index contributed by atoms with van der Waals surface area (Å²) in [6.45, 7) is 4.95. The molecule has 0 N–H and O–H groups in total. The van der Waals surface area contributed by atoms with Gasteiger partial charge in [0.15, 0.2) is 5.92 Å². The molecule has 110 valence electrons. The smallest absolute Gasteiger partial charge is 0.324 e. The van der Waals surface area contributed by atoms with Gasteiger partial charge in [-0.25, -0.2) is 0 Å². The summed E-state index contributed by atoms with van der Waals surface area (Å²) in [7, 11) is 0. The van der Waals surface area contributed by atoms with Crippen LogP contribution >= 0.6 is 0 Å². The third-order valence-electron chi connectivity index (χ3n) is 3.22. The molecule has 4 nitrogen and oxygen atoms in total. The van der Waals surface area contributed by atoms with Crippen LogP contribution in [0, 0.1) is 23.7 Å². The Hall–Kier alpha value is -2.28. The first kappa shape index (κ1) is 15.1. The highest BCUT2D eigenvalue weighted by Gasteiger charge is 2.46. The van der Waals surface area contributed by atoms with Gasteiger partial charge in [-0.2, -0.15) is 0 Å². The first-order valence-corrected chi connectivity index (χ1v) is 6.95. The quantitative estimate of drug-likeness (QED) is 0.476. The van der Waals surface area contributed by atoms with Crippen molar-refractivity contribution in [3.63, 3.8) is 0 Å². The molecular weight excluding hydrogens is 268 g/mol. The maximum absolute atomic E-state index is 12.0. The average molecular weight is 286 g/mol. The van der Waals surface area contributed by atoms with Crippen LogP contribution in [-0.4, -0.2) is 17.7 Å². The number of carbonyl (C=O) groups is 2. The van der Waals surface area contributed by atoms with E-state index in [1.807, 2.05) is 37.3 Å². The lowest BCUT2D eigenvalue weighted by molar-refractivity contribution is -0.241. The SMILES string of the molecule is CCC(C#Cc1ccccc1)C1C(=O)OC(C)(C)OC1=O. The molecule has 0 radical (unpaired) electrons. The molecule has 0 aromatic heterocycles. The van der Waals surface area contributed by atoms with Gasteiger partial charge in [0.2, 0.25) is 0 Å².